The van der Waals surface area contributed by atoms with E-state index in [-0.39, 0.29) is 25.0 Å². The average molecular weight is 298 g/mol. The molecule has 1 amide bonds. The van der Waals surface area contributed by atoms with E-state index >= 15 is 0 Å². The highest BCUT2D eigenvalue weighted by atomic mass is 35.5. The molecule has 110 valence electrons. The van der Waals surface area contributed by atoms with Gasteiger partial charge in [0.25, 0.3) is 0 Å². The third-order valence-corrected chi connectivity index (χ3v) is 4.26. The van der Waals surface area contributed by atoms with Gasteiger partial charge in [-0.3, -0.25) is 4.79 Å². The molecule has 1 fully saturated rings. The highest BCUT2D eigenvalue weighted by Crippen LogP contribution is 2.38. The molecule has 0 aliphatic carbocycles. The summed E-state index contributed by atoms with van der Waals surface area (Å²) in [4.78, 5) is 12.3. The van der Waals surface area contributed by atoms with Crippen molar-refractivity contribution in [2.45, 2.75) is 38.3 Å². The number of nitrogens with one attached hydrogen (secondary N) is 1. The molecule has 4 nitrogen and oxygen atoms in total. The summed E-state index contributed by atoms with van der Waals surface area (Å²) in [5, 5.41) is 22.2. The molecule has 1 aliphatic heterocycles. The van der Waals surface area contributed by atoms with Gasteiger partial charge in [0.15, 0.2) is 0 Å². The van der Waals surface area contributed by atoms with Gasteiger partial charge in [-0.05, 0) is 37.0 Å². The Kier molecular flexibility index (Phi) is 4.68. The van der Waals surface area contributed by atoms with Crippen molar-refractivity contribution in [1.82, 2.24) is 5.32 Å². The topological polar surface area (TPSA) is 69.6 Å². The third kappa shape index (κ3) is 3.32. The normalized spacial score (nSPS) is 28.0. The van der Waals surface area contributed by atoms with E-state index in [4.69, 9.17) is 16.7 Å². The zero-order chi connectivity index (χ0) is 14.8. The summed E-state index contributed by atoms with van der Waals surface area (Å²) in [5.74, 6) is -0.0730. The minimum Gasteiger partial charge on any atom is -0.394 e. The maximum Gasteiger partial charge on any atom is 0.226 e. The highest BCUT2D eigenvalue weighted by molar-refractivity contribution is 6.30. The number of carbonyl (C=O) groups is 1. The van der Waals surface area contributed by atoms with Crippen LogP contribution in [0.15, 0.2) is 24.3 Å². The molecule has 2 rings (SSSR count). The second kappa shape index (κ2) is 6.12. The number of hydrogen-bond donors (Lipinski definition) is 3. The first-order valence-corrected chi connectivity index (χ1v) is 7.18. The van der Waals surface area contributed by atoms with Crippen LogP contribution in [0, 0.1) is 5.41 Å². The maximum atomic E-state index is 12.3. The number of aliphatic hydroxyl groups is 2. The molecule has 20 heavy (non-hydrogen) atoms. The maximum absolute atomic E-state index is 12.3. The van der Waals surface area contributed by atoms with Crippen molar-refractivity contribution in [3.05, 3.63) is 34.9 Å². The molecule has 0 saturated carbocycles. The van der Waals surface area contributed by atoms with Gasteiger partial charge in [-0.15, -0.1) is 0 Å². The number of amides is 1. The van der Waals surface area contributed by atoms with E-state index in [9.17, 15) is 9.90 Å². The SMILES string of the molecule is CC1(CC(O)CO)CCC(c2ccc(Cl)cc2)NC1=O. The Morgan fingerprint density at radius 2 is 2.10 bits per heavy atom. The van der Waals surface area contributed by atoms with Crippen LogP contribution < -0.4 is 5.32 Å². The predicted molar refractivity (Wildman–Crippen MR) is 77.4 cm³/mol. The van der Waals surface area contributed by atoms with E-state index in [2.05, 4.69) is 5.32 Å². The van der Waals surface area contributed by atoms with Crippen LogP contribution in [-0.2, 0) is 4.79 Å². The van der Waals surface area contributed by atoms with Crippen LogP contribution in [0.5, 0.6) is 0 Å². The van der Waals surface area contributed by atoms with Crippen molar-refractivity contribution in [3.8, 4) is 0 Å². The first kappa shape index (κ1) is 15.3. The van der Waals surface area contributed by atoms with Crippen molar-refractivity contribution in [1.29, 1.82) is 0 Å². The second-order valence-electron chi connectivity index (χ2n) is 5.72. The van der Waals surface area contributed by atoms with Gasteiger partial charge in [-0.1, -0.05) is 30.7 Å². The number of benzene rings is 1. The molecule has 0 aromatic heterocycles. The lowest BCUT2D eigenvalue weighted by Crippen LogP contribution is -2.47. The van der Waals surface area contributed by atoms with E-state index in [0.717, 1.165) is 12.0 Å². The van der Waals surface area contributed by atoms with Gasteiger partial charge in [0, 0.05) is 10.4 Å². The van der Waals surface area contributed by atoms with Crippen LogP contribution >= 0.6 is 11.6 Å². The Labute approximate surface area is 123 Å². The van der Waals surface area contributed by atoms with Gasteiger partial charge in [0.1, 0.15) is 0 Å². The Hall–Kier alpha value is -1.10. The second-order valence-corrected chi connectivity index (χ2v) is 6.15. The monoisotopic (exact) mass is 297 g/mol. The molecule has 1 saturated heterocycles. The summed E-state index contributed by atoms with van der Waals surface area (Å²) >= 11 is 5.86. The molecule has 0 bridgehead atoms. The molecule has 0 spiro atoms. The Bertz CT molecular complexity index is 477. The van der Waals surface area contributed by atoms with Gasteiger partial charge < -0.3 is 15.5 Å². The van der Waals surface area contributed by atoms with Crippen LogP contribution in [0.1, 0.15) is 37.8 Å². The highest BCUT2D eigenvalue weighted by Gasteiger charge is 2.40. The van der Waals surface area contributed by atoms with E-state index in [1.54, 1.807) is 0 Å². The van der Waals surface area contributed by atoms with E-state index < -0.39 is 11.5 Å². The molecular weight excluding hydrogens is 278 g/mol. The van der Waals surface area contributed by atoms with E-state index in [1.165, 1.54) is 0 Å². The number of aliphatic hydroxyl groups excluding tert-OH is 2. The molecule has 1 aromatic carbocycles. The summed E-state index contributed by atoms with van der Waals surface area (Å²) in [7, 11) is 0. The average Bonchev–Trinajstić information content (AvgIpc) is 2.43. The van der Waals surface area contributed by atoms with Crippen LogP contribution in [0.4, 0.5) is 0 Å². The fourth-order valence-electron chi connectivity index (χ4n) is 2.71. The van der Waals surface area contributed by atoms with Crippen molar-refractivity contribution in [3.63, 3.8) is 0 Å². The largest absolute Gasteiger partial charge is 0.394 e. The first-order chi connectivity index (χ1) is 9.44. The van der Waals surface area contributed by atoms with Gasteiger partial charge >= 0.3 is 0 Å². The summed E-state index contributed by atoms with van der Waals surface area (Å²) < 4.78 is 0. The van der Waals surface area contributed by atoms with E-state index in [1.807, 2.05) is 31.2 Å². The van der Waals surface area contributed by atoms with Gasteiger partial charge in [0.05, 0.1) is 18.8 Å². The lowest BCUT2D eigenvalue weighted by Gasteiger charge is -2.38. The molecule has 1 aromatic rings. The molecule has 1 heterocycles. The smallest absolute Gasteiger partial charge is 0.226 e. The van der Waals surface area contributed by atoms with E-state index in [0.29, 0.717) is 11.4 Å². The van der Waals surface area contributed by atoms with Crippen molar-refractivity contribution in [2.75, 3.05) is 6.61 Å². The zero-order valence-electron chi connectivity index (χ0n) is 11.5. The van der Waals surface area contributed by atoms with Gasteiger partial charge in [-0.2, -0.15) is 0 Å². The fraction of sp³-hybridized carbons (Fsp3) is 0.533. The summed E-state index contributed by atoms with van der Waals surface area (Å²) in [6, 6.07) is 7.44. The molecule has 3 N–H and O–H groups in total. The van der Waals surface area contributed by atoms with Crippen LogP contribution in [0.2, 0.25) is 5.02 Å². The molecule has 3 unspecified atom stereocenters. The molecule has 0 radical (unpaired) electrons. The molecule has 5 heteroatoms. The lowest BCUT2D eigenvalue weighted by molar-refractivity contribution is -0.136. The van der Waals surface area contributed by atoms with Gasteiger partial charge in [-0.25, -0.2) is 0 Å². The van der Waals surface area contributed by atoms with Gasteiger partial charge in [0.2, 0.25) is 5.91 Å². The Morgan fingerprint density at radius 1 is 1.45 bits per heavy atom. The molecule has 3 atom stereocenters. The third-order valence-electron chi connectivity index (χ3n) is 4.01. The summed E-state index contributed by atoms with van der Waals surface area (Å²) in [6.45, 7) is 1.52. The fourth-order valence-corrected chi connectivity index (χ4v) is 2.83. The van der Waals surface area contributed by atoms with Crippen molar-refractivity contribution < 1.29 is 15.0 Å². The lowest BCUT2D eigenvalue weighted by atomic mass is 9.75. The number of piperidine rings is 1. The number of carbonyl (C=O) groups excluding carboxylic acids is 1. The first-order valence-electron chi connectivity index (χ1n) is 6.80. The van der Waals surface area contributed by atoms with Crippen molar-refractivity contribution in [2.24, 2.45) is 5.41 Å². The van der Waals surface area contributed by atoms with Crippen molar-refractivity contribution >= 4 is 17.5 Å². The molecular formula is C15H20ClNO3. The number of hydrogen-bond acceptors (Lipinski definition) is 3. The summed E-state index contributed by atoms with van der Waals surface area (Å²) in [6.07, 6.45) is 0.922. The zero-order valence-corrected chi connectivity index (χ0v) is 12.2. The van der Waals surface area contributed by atoms with Crippen LogP contribution in [0.25, 0.3) is 0 Å². The van der Waals surface area contributed by atoms with Crippen LogP contribution in [-0.4, -0.2) is 28.8 Å². The minimum absolute atomic E-state index is 0.0147. The minimum atomic E-state index is -0.849. The number of halogens is 1. The predicted octanol–water partition coefficient (Wildman–Crippen LogP) is 2.04. The Balaban J connectivity index is 2.05. The molecule has 1 aliphatic rings. The number of rotatable bonds is 4. The standard InChI is InChI=1S/C15H20ClNO3/c1-15(8-12(19)9-18)7-6-13(17-14(15)20)10-2-4-11(16)5-3-10/h2-5,12-13,18-19H,6-9H2,1H3,(H,17,20). The van der Waals surface area contributed by atoms with Crippen LogP contribution in [0.3, 0.4) is 0 Å². The quantitative estimate of drug-likeness (QED) is 0.796. The summed E-state index contributed by atoms with van der Waals surface area (Å²) in [5.41, 5.74) is 0.415. The Morgan fingerprint density at radius 3 is 2.65 bits per heavy atom.